The van der Waals surface area contributed by atoms with Gasteiger partial charge in [0.05, 0.1) is 0 Å². The number of nitrogens with one attached hydrogen (secondary N) is 2. The first kappa shape index (κ1) is 12.8. The topological polar surface area (TPSA) is 87.7 Å². The second kappa shape index (κ2) is 5.75. The van der Waals surface area contributed by atoms with Crippen molar-refractivity contribution in [1.82, 2.24) is 5.48 Å². The van der Waals surface area contributed by atoms with E-state index in [2.05, 4.69) is 4.84 Å². The Hall–Kier alpha value is -2.22. The maximum Gasteiger partial charge on any atom is 0.343 e. The molecular formula is C9H8F2N2O4. The predicted molar refractivity (Wildman–Crippen MR) is 52.1 cm³/mol. The number of benzene rings is 1. The van der Waals surface area contributed by atoms with Crippen LogP contribution in [0.15, 0.2) is 18.2 Å². The van der Waals surface area contributed by atoms with Crippen molar-refractivity contribution in [3.63, 3.8) is 0 Å². The van der Waals surface area contributed by atoms with Crippen LogP contribution in [0.3, 0.4) is 0 Å². The minimum atomic E-state index is -1.30. The van der Waals surface area contributed by atoms with Gasteiger partial charge >= 0.3 is 12.0 Å². The molecule has 0 atom stereocenters. The number of anilines is 1. The number of carbonyl (C=O) groups is 2. The average molecular weight is 246 g/mol. The molecule has 0 radical (unpaired) electrons. The molecule has 92 valence electrons. The van der Waals surface area contributed by atoms with E-state index < -0.39 is 35.9 Å². The highest BCUT2D eigenvalue weighted by atomic mass is 19.1. The number of carbonyl (C=O) groups excluding carboxylic acids is 1. The number of hydrogen-bond acceptors (Lipinski definition) is 3. The molecule has 0 unspecified atom stereocenters. The number of aliphatic carboxylic acids is 1. The van der Waals surface area contributed by atoms with E-state index in [4.69, 9.17) is 5.11 Å². The first-order valence-electron chi connectivity index (χ1n) is 4.35. The number of halogens is 2. The Morgan fingerprint density at radius 2 is 1.88 bits per heavy atom. The Morgan fingerprint density at radius 3 is 2.41 bits per heavy atom. The quantitative estimate of drug-likeness (QED) is 0.694. The Balaban J connectivity index is 2.53. The Bertz CT molecular complexity index is 419. The van der Waals surface area contributed by atoms with Gasteiger partial charge in [0.2, 0.25) is 0 Å². The van der Waals surface area contributed by atoms with E-state index in [0.29, 0.717) is 0 Å². The van der Waals surface area contributed by atoms with Gasteiger partial charge in [0.15, 0.2) is 6.61 Å². The fraction of sp³-hybridized carbons (Fsp3) is 0.111. The number of urea groups is 1. The van der Waals surface area contributed by atoms with Gasteiger partial charge in [0.1, 0.15) is 17.3 Å². The van der Waals surface area contributed by atoms with Crippen LogP contribution in [0.25, 0.3) is 0 Å². The molecule has 1 aromatic rings. The van der Waals surface area contributed by atoms with Crippen LogP contribution in [0, 0.1) is 11.6 Å². The molecule has 17 heavy (non-hydrogen) atoms. The van der Waals surface area contributed by atoms with Crippen molar-refractivity contribution in [2.75, 3.05) is 11.9 Å². The van der Waals surface area contributed by atoms with Gasteiger partial charge in [-0.25, -0.2) is 23.9 Å². The van der Waals surface area contributed by atoms with Crippen LogP contribution >= 0.6 is 0 Å². The number of carboxylic acids is 1. The highest BCUT2D eigenvalue weighted by molar-refractivity contribution is 5.88. The van der Waals surface area contributed by atoms with Crippen molar-refractivity contribution in [2.45, 2.75) is 0 Å². The minimum Gasteiger partial charge on any atom is -0.479 e. The molecular weight excluding hydrogens is 238 g/mol. The summed E-state index contributed by atoms with van der Waals surface area (Å²) in [4.78, 5) is 25.3. The molecule has 0 aliphatic heterocycles. The summed E-state index contributed by atoms with van der Waals surface area (Å²) < 4.78 is 26.1. The second-order valence-electron chi connectivity index (χ2n) is 2.84. The lowest BCUT2D eigenvalue weighted by Crippen LogP contribution is -2.31. The molecule has 0 fully saturated rings. The number of hydrogen-bond donors (Lipinski definition) is 3. The highest BCUT2D eigenvalue weighted by Gasteiger charge is 2.11. The van der Waals surface area contributed by atoms with Crippen LogP contribution in [0.4, 0.5) is 19.3 Å². The smallest absolute Gasteiger partial charge is 0.343 e. The molecule has 0 bridgehead atoms. The van der Waals surface area contributed by atoms with E-state index in [1.54, 1.807) is 5.48 Å². The molecule has 0 aliphatic carbocycles. The second-order valence-corrected chi connectivity index (χ2v) is 2.84. The molecule has 3 N–H and O–H groups in total. The van der Waals surface area contributed by atoms with Gasteiger partial charge in [-0.1, -0.05) is 6.07 Å². The number of hydroxylamine groups is 1. The van der Waals surface area contributed by atoms with Gasteiger partial charge in [-0.05, 0) is 12.1 Å². The van der Waals surface area contributed by atoms with Gasteiger partial charge in [-0.15, -0.1) is 0 Å². The standard InChI is InChI=1S/C9H8F2N2O4/c10-5-2-1-3-6(11)8(5)12-9(16)13-17-4-7(14)15/h1-3H,4H2,(H,14,15)(H2,12,13,16). The molecule has 6 nitrogen and oxygen atoms in total. The van der Waals surface area contributed by atoms with Gasteiger partial charge in [-0.2, -0.15) is 0 Å². The summed E-state index contributed by atoms with van der Waals surface area (Å²) in [7, 11) is 0. The lowest BCUT2D eigenvalue weighted by Gasteiger charge is -2.08. The summed E-state index contributed by atoms with van der Waals surface area (Å²) in [6.07, 6.45) is 0. The monoisotopic (exact) mass is 246 g/mol. The van der Waals surface area contributed by atoms with E-state index in [0.717, 1.165) is 18.2 Å². The fourth-order valence-corrected chi connectivity index (χ4v) is 0.920. The first-order valence-corrected chi connectivity index (χ1v) is 4.35. The molecule has 0 heterocycles. The van der Waals surface area contributed by atoms with Crippen LogP contribution in [-0.2, 0) is 9.63 Å². The summed E-state index contributed by atoms with van der Waals surface area (Å²) in [5.41, 5.74) is 1.00. The fourth-order valence-electron chi connectivity index (χ4n) is 0.920. The number of carboxylic acid groups (broad SMARTS) is 1. The molecule has 0 spiro atoms. The lowest BCUT2D eigenvalue weighted by atomic mass is 10.3. The van der Waals surface area contributed by atoms with Crippen LogP contribution in [0.1, 0.15) is 0 Å². The largest absolute Gasteiger partial charge is 0.479 e. The molecule has 0 aliphatic rings. The SMILES string of the molecule is O=C(O)CONC(=O)Nc1c(F)cccc1F. The summed E-state index contributed by atoms with van der Waals surface area (Å²) in [5.74, 6) is -3.22. The van der Waals surface area contributed by atoms with E-state index in [1.807, 2.05) is 5.32 Å². The third-order valence-electron chi connectivity index (χ3n) is 1.56. The van der Waals surface area contributed by atoms with Crippen molar-refractivity contribution < 1.29 is 28.3 Å². The van der Waals surface area contributed by atoms with Crippen LogP contribution in [0.2, 0.25) is 0 Å². The molecule has 1 aromatic carbocycles. The maximum absolute atomic E-state index is 13.0. The molecule has 0 saturated carbocycles. The maximum atomic E-state index is 13.0. The Kier molecular flexibility index (Phi) is 4.35. The Labute approximate surface area is 94.1 Å². The van der Waals surface area contributed by atoms with Crippen LogP contribution < -0.4 is 10.8 Å². The molecule has 0 aromatic heterocycles. The summed E-state index contributed by atoms with van der Waals surface area (Å²) in [5, 5.41) is 10.0. The average Bonchev–Trinajstić information content (AvgIpc) is 2.23. The van der Waals surface area contributed by atoms with Gasteiger partial charge in [0, 0.05) is 0 Å². The highest BCUT2D eigenvalue weighted by Crippen LogP contribution is 2.17. The minimum absolute atomic E-state index is 0.649. The molecule has 2 amide bonds. The Morgan fingerprint density at radius 1 is 1.29 bits per heavy atom. The number of rotatable bonds is 4. The van der Waals surface area contributed by atoms with Crippen molar-refractivity contribution in [1.29, 1.82) is 0 Å². The molecule has 8 heteroatoms. The lowest BCUT2D eigenvalue weighted by molar-refractivity contribution is -0.143. The predicted octanol–water partition coefficient (Wildman–Crippen LogP) is 1.10. The normalized spacial score (nSPS) is 9.76. The molecule has 1 rings (SSSR count). The van der Waals surface area contributed by atoms with E-state index in [-0.39, 0.29) is 0 Å². The summed E-state index contributed by atoms with van der Waals surface area (Å²) >= 11 is 0. The van der Waals surface area contributed by atoms with Gasteiger partial charge in [0.25, 0.3) is 0 Å². The number of para-hydroxylation sites is 1. The zero-order valence-corrected chi connectivity index (χ0v) is 8.37. The van der Waals surface area contributed by atoms with Crippen molar-refractivity contribution >= 4 is 17.7 Å². The van der Waals surface area contributed by atoms with E-state index in [1.165, 1.54) is 0 Å². The van der Waals surface area contributed by atoms with Crippen molar-refractivity contribution in [3.8, 4) is 0 Å². The summed E-state index contributed by atoms with van der Waals surface area (Å²) in [6, 6.07) is 1.96. The third-order valence-corrected chi connectivity index (χ3v) is 1.56. The third kappa shape index (κ3) is 4.03. The number of amides is 2. The van der Waals surface area contributed by atoms with E-state index >= 15 is 0 Å². The first-order chi connectivity index (χ1) is 8.00. The molecule has 0 saturated heterocycles. The van der Waals surface area contributed by atoms with Crippen molar-refractivity contribution in [3.05, 3.63) is 29.8 Å². The van der Waals surface area contributed by atoms with Crippen LogP contribution in [0.5, 0.6) is 0 Å². The zero-order valence-electron chi connectivity index (χ0n) is 8.37. The van der Waals surface area contributed by atoms with E-state index in [9.17, 15) is 18.4 Å². The summed E-state index contributed by atoms with van der Waals surface area (Å²) in [6.45, 7) is -0.771. The van der Waals surface area contributed by atoms with Crippen molar-refractivity contribution in [2.24, 2.45) is 0 Å². The zero-order chi connectivity index (χ0) is 12.8. The van der Waals surface area contributed by atoms with Crippen LogP contribution in [-0.4, -0.2) is 23.7 Å². The van der Waals surface area contributed by atoms with Gasteiger partial charge < -0.3 is 10.4 Å². The van der Waals surface area contributed by atoms with Gasteiger partial charge in [-0.3, -0.25) is 4.84 Å².